The standard InChI is InChI=1S/C16H26N2/c1-12(2)17-10-15-7-8-18(11-15)16-6-5-13(3)14(4)9-16/h5-6,9,12,15,17H,7-8,10-11H2,1-4H3. The summed E-state index contributed by atoms with van der Waals surface area (Å²) in [6.07, 6.45) is 1.31. The van der Waals surface area contributed by atoms with E-state index in [2.05, 4.69) is 56.1 Å². The number of nitrogens with zero attached hydrogens (tertiary/aromatic N) is 1. The van der Waals surface area contributed by atoms with Gasteiger partial charge in [0.1, 0.15) is 0 Å². The molecule has 2 rings (SSSR count). The van der Waals surface area contributed by atoms with Crippen LogP contribution in [-0.4, -0.2) is 25.7 Å². The van der Waals surface area contributed by atoms with Crippen LogP contribution in [0.15, 0.2) is 18.2 Å². The minimum atomic E-state index is 0.598. The third-order valence-electron chi connectivity index (χ3n) is 3.96. The first kappa shape index (κ1) is 13.4. The summed E-state index contributed by atoms with van der Waals surface area (Å²) in [6, 6.07) is 7.43. The quantitative estimate of drug-likeness (QED) is 0.878. The van der Waals surface area contributed by atoms with E-state index in [1.807, 2.05) is 0 Å². The van der Waals surface area contributed by atoms with E-state index in [0.717, 1.165) is 12.5 Å². The number of benzene rings is 1. The van der Waals surface area contributed by atoms with Crippen LogP contribution in [0.4, 0.5) is 5.69 Å². The molecular weight excluding hydrogens is 220 g/mol. The molecule has 0 spiro atoms. The summed E-state index contributed by atoms with van der Waals surface area (Å²) < 4.78 is 0. The average Bonchev–Trinajstić information content (AvgIpc) is 2.79. The van der Waals surface area contributed by atoms with Crippen molar-refractivity contribution in [3.05, 3.63) is 29.3 Å². The van der Waals surface area contributed by atoms with Gasteiger partial charge in [-0.15, -0.1) is 0 Å². The summed E-state index contributed by atoms with van der Waals surface area (Å²) in [6.45, 7) is 12.4. The molecule has 0 radical (unpaired) electrons. The molecule has 0 bridgehead atoms. The fourth-order valence-corrected chi connectivity index (χ4v) is 2.56. The molecule has 18 heavy (non-hydrogen) atoms. The Hall–Kier alpha value is -1.02. The molecule has 1 fully saturated rings. The van der Waals surface area contributed by atoms with Crippen molar-refractivity contribution in [3.63, 3.8) is 0 Å². The highest BCUT2D eigenvalue weighted by atomic mass is 15.2. The van der Waals surface area contributed by atoms with Crippen LogP contribution in [0.3, 0.4) is 0 Å². The molecule has 1 atom stereocenters. The van der Waals surface area contributed by atoms with Crippen molar-refractivity contribution in [2.75, 3.05) is 24.5 Å². The Bertz CT molecular complexity index is 398. The van der Waals surface area contributed by atoms with Crippen molar-refractivity contribution < 1.29 is 0 Å². The zero-order valence-electron chi connectivity index (χ0n) is 12.2. The van der Waals surface area contributed by atoms with E-state index in [1.54, 1.807) is 0 Å². The lowest BCUT2D eigenvalue weighted by atomic mass is 10.1. The van der Waals surface area contributed by atoms with Crippen LogP contribution in [0.2, 0.25) is 0 Å². The molecule has 1 saturated heterocycles. The van der Waals surface area contributed by atoms with Gasteiger partial charge in [-0.1, -0.05) is 19.9 Å². The number of nitrogens with one attached hydrogen (secondary N) is 1. The third kappa shape index (κ3) is 3.26. The van der Waals surface area contributed by atoms with E-state index in [4.69, 9.17) is 0 Å². The Morgan fingerprint density at radius 1 is 1.28 bits per heavy atom. The van der Waals surface area contributed by atoms with Gasteiger partial charge in [0.2, 0.25) is 0 Å². The number of aryl methyl sites for hydroxylation is 2. The summed E-state index contributed by atoms with van der Waals surface area (Å²) >= 11 is 0. The maximum Gasteiger partial charge on any atom is 0.0369 e. The fourth-order valence-electron chi connectivity index (χ4n) is 2.56. The smallest absolute Gasteiger partial charge is 0.0369 e. The zero-order valence-corrected chi connectivity index (χ0v) is 12.2. The molecule has 0 saturated carbocycles. The number of hydrogen-bond donors (Lipinski definition) is 1. The second-order valence-electron chi connectivity index (χ2n) is 5.93. The summed E-state index contributed by atoms with van der Waals surface area (Å²) in [5.41, 5.74) is 4.18. The predicted octanol–water partition coefficient (Wildman–Crippen LogP) is 3.13. The first-order valence-electron chi connectivity index (χ1n) is 7.12. The molecule has 0 aromatic heterocycles. The summed E-state index contributed by atoms with van der Waals surface area (Å²) in [5, 5.41) is 3.55. The lowest BCUT2D eigenvalue weighted by molar-refractivity contribution is 0.480. The second-order valence-corrected chi connectivity index (χ2v) is 5.93. The summed E-state index contributed by atoms with van der Waals surface area (Å²) in [7, 11) is 0. The van der Waals surface area contributed by atoms with Crippen molar-refractivity contribution in [1.29, 1.82) is 0 Å². The van der Waals surface area contributed by atoms with Gasteiger partial charge in [-0.2, -0.15) is 0 Å². The van der Waals surface area contributed by atoms with Crippen LogP contribution in [0.1, 0.15) is 31.4 Å². The maximum absolute atomic E-state index is 3.55. The van der Waals surface area contributed by atoms with Crippen molar-refractivity contribution in [2.24, 2.45) is 5.92 Å². The molecule has 0 aliphatic carbocycles. The second kappa shape index (κ2) is 5.75. The van der Waals surface area contributed by atoms with E-state index in [0.29, 0.717) is 6.04 Å². The molecule has 0 amide bonds. The fraction of sp³-hybridized carbons (Fsp3) is 0.625. The normalized spacial score (nSPS) is 19.8. The van der Waals surface area contributed by atoms with E-state index < -0.39 is 0 Å². The topological polar surface area (TPSA) is 15.3 Å². The van der Waals surface area contributed by atoms with Crippen molar-refractivity contribution in [2.45, 2.75) is 40.2 Å². The highest BCUT2D eigenvalue weighted by molar-refractivity contribution is 5.51. The van der Waals surface area contributed by atoms with Crippen LogP contribution in [0.25, 0.3) is 0 Å². The van der Waals surface area contributed by atoms with Gasteiger partial charge in [-0.3, -0.25) is 0 Å². The molecule has 1 aromatic rings. The zero-order chi connectivity index (χ0) is 13.1. The summed E-state index contributed by atoms with van der Waals surface area (Å²) in [5.74, 6) is 0.800. The lowest BCUT2D eigenvalue weighted by Crippen LogP contribution is -2.30. The maximum atomic E-state index is 3.55. The SMILES string of the molecule is Cc1ccc(N2CCC(CNC(C)C)C2)cc1C. The largest absolute Gasteiger partial charge is 0.371 e. The van der Waals surface area contributed by atoms with E-state index in [9.17, 15) is 0 Å². The Labute approximate surface area is 111 Å². The van der Waals surface area contributed by atoms with Gasteiger partial charge in [0.05, 0.1) is 0 Å². The highest BCUT2D eigenvalue weighted by Crippen LogP contribution is 2.25. The minimum Gasteiger partial charge on any atom is -0.371 e. The highest BCUT2D eigenvalue weighted by Gasteiger charge is 2.22. The molecule has 1 heterocycles. The first-order chi connectivity index (χ1) is 8.56. The van der Waals surface area contributed by atoms with Gasteiger partial charge in [-0.05, 0) is 56.0 Å². The van der Waals surface area contributed by atoms with Gasteiger partial charge in [0.15, 0.2) is 0 Å². The van der Waals surface area contributed by atoms with Crippen LogP contribution < -0.4 is 10.2 Å². The van der Waals surface area contributed by atoms with Crippen molar-refractivity contribution >= 4 is 5.69 Å². The Balaban J connectivity index is 1.93. The van der Waals surface area contributed by atoms with Gasteiger partial charge in [-0.25, -0.2) is 0 Å². The molecule has 2 heteroatoms. The summed E-state index contributed by atoms with van der Waals surface area (Å²) in [4.78, 5) is 2.53. The Morgan fingerprint density at radius 3 is 2.72 bits per heavy atom. The number of rotatable bonds is 4. The van der Waals surface area contributed by atoms with E-state index >= 15 is 0 Å². The van der Waals surface area contributed by atoms with Crippen LogP contribution >= 0.6 is 0 Å². The van der Waals surface area contributed by atoms with E-state index in [-0.39, 0.29) is 0 Å². The monoisotopic (exact) mass is 246 g/mol. The number of anilines is 1. The minimum absolute atomic E-state index is 0.598. The molecule has 1 N–H and O–H groups in total. The van der Waals surface area contributed by atoms with Crippen LogP contribution in [0.5, 0.6) is 0 Å². The molecular formula is C16H26N2. The molecule has 100 valence electrons. The number of hydrogen-bond acceptors (Lipinski definition) is 2. The lowest BCUT2D eigenvalue weighted by Gasteiger charge is -2.20. The molecule has 2 nitrogen and oxygen atoms in total. The van der Waals surface area contributed by atoms with Crippen molar-refractivity contribution in [1.82, 2.24) is 5.32 Å². The first-order valence-corrected chi connectivity index (χ1v) is 7.12. The average molecular weight is 246 g/mol. The van der Waals surface area contributed by atoms with Gasteiger partial charge < -0.3 is 10.2 Å². The van der Waals surface area contributed by atoms with E-state index in [1.165, 1.54) is 36.3 Å². The molecule has 1 aliphatic rings. The predicted molar refractivity (Wildman–Crippen MR) is 79.4 cm³/mol. The molecule has 1 aliphatic heterocycles. The van der Waals surface area contributed by atoms with Crippen molar-refractivity contribution in [3.8, 4) is 0 Å². The Kier molecular flexibility index (Phi) is 4.28. The van der Waals surface area contributed by atoms with Crippen LogP contribution in [0, 0.1) is 19.8 Å². The molecule has 1 unspecified atom stereocenters. The van der Waals surface area contributed by atoms with Gasteiger partial charge in [0.25, 0.3) is 0 Å². The third-order valence-corrected chi connectivity index (χ3v) is 3.96. The van der Waals surface area contributed by atoms with Gasteiger partial charge in [0, 0.05) is 24.8 Å². The van der Waals surface area contributed by atoms with Crippen LogP contribution in [-0.2, 0) is 0 Å². The Morgan fingerprint density at radius 2 is 2.06 bits per heavy atom. The molecule has 1 aromatic carbocycles. The van der Waals surface area contributed by atoms with Gasteiger partial charge >= 0.3 is 0 Å².